The Morgan fingerprint density at radius 1 is 1.19 bits per heavy atom. The van der Waals surface area contributed by atoms with E-state index in [9.17, 15) is 17.6 Å². The van der Waals surface area contributed by atoms with Crippen molar-refractivity contribution < 1.29 is 27.0 Å². The largest absolute Gasteiger partial charge is 0.457 e. The maximum Gasteiger partial charge on any atom is 0.416 e. The second-order valence-corrected chi connectivity index (χ2v) is 8.65. The molecule has 1 aliphatic rings. The van der Waals surface area contributed by atoms with Gasteiger partial charge in [-0.2, -0.15) is 17.6 Å². The minimum Gasteiger partial charge on any atom is -0.457 e. The molecule has 4 unspecified atom stereocenters. The molecule has 1 aliphatic carbocycles. The Labute approximate surface area is 154 Å². The highest BCUT2D eigenvalue weighted by Gasteiger charge is 2.52. The van der Waals surface area contributed by atoms with E-state index in [-0.39, 0.29) is 17.8 Å². The lowest BCUT2D eigenvalue weighted by atomic mass is 9.72. The molecule has 1 saturated carbocycles. The Kier molecular flexibility index (Phi) is 5.99. The summed E-state index contributed by atoms with van der Waals surface area (Å²) < 4.78 is 63.0. The van der Waals surface area contributed by atoms with Crippen molar-refractivity contribution in [3.8, 4) is 5.75 Å². The van der Waals surface area contributed by atoms with Gasteiger partial charge in [0, 0.05) is 5.56 Å². The molecule has 0 bridgehead atoms. The molecule has 0 aromatic heterocycles. The summed E-state index contributed by atoms with van der Waals surface area (Å²) in [6, 6.07) is 3.06. The summed E-state index contributed by atoms with van der Waals surface area (Å²) in [5.41, 5.74) is -1.09. The van der Waals surface area contributed by atoms with Crippen LogP contribution in [-0.2, 0) is 17.5 Å². The molecule has 0 radical (unpaired) electrons. The summed E-state index contributed by atoms with van der Waals surface area (Å²) in [5.74, 6) is 1.03. The second-order valence-electron chi connectivity index (χ2n) is 8.13. The number of alkyl halides is 4. The van der Waals surface area contributed by atoms with Crippen LogP contribution >= 0.6 is 9.24 Å². The van der Waals surface area contributed by atoms with Crippen LogP contribution in [0.2, 0.25) is 0 Å². The zero-order valence-electron chi connectivity index (χ0n) is 15.8. The quantitative estimate of drug-likeness (QED) is 0.406. The molecule has 4 atom stereocenters. The molecule has 2 nitrogen and oxygen atoms in total. The minimum absolute atomic E-state index is 0.0440. The Hall–Kier alpha value is -0.870. The fourth-order valence-electron chi connectivity index (χ4n) is 3.30. The third-order valence-electron chi connectivity index (χ3n) is 5.81. The van der Waals surface area contributed by atoms with Crippen LogP contribution in [0, 0.1) is 17.3 Å². The predicted molar refractivity (Wildman–Crippen MR) is 96.6 cm³/mol. The van der Waals surface area contributed by atoms with E-state index >= 15 is 0 Å². The molecule has 0 spiro atoms. The number of hydrogen-bond acceptors (Lipinski definition) is 2. The second kappa shape index (κ2) is 7.27. The molecule has 26 heavy (non-hydrogen) atoms. The molecule has 148 valence electrons. The first-order chi connectivity index (χ1) is 11.8. The highest BCUT2D eigenvalue weighted by molar-refractivity contribution is 7.16. The van der Waals surface area contributed by atoms with Gasteiger partial charge in [-0.1, -0.05) is 36.1 Å². The van der Waals surface area contributed by atoms with Gasteiger partial charge in [0.05, 0.1) is 17.8 Å². The summed E-state index contributed by atoms with van der Waals surface area (Å²) >= 11 is 0. The lowest BCUT2D eigenvalue weighted by Crippen LogP contribution is -2.43. The van der Waals surface area contributed by atoms with E-state index < -0.39 is 23.4 Å². The maximum atomic E-state index is 13.2. The van der Waals surface area contributed by atoms with Crippen molar-refractivity contribution in [2.24, 2.45) is 17.3 Å². The predicted octanol–water partition coefficient (Wildman–Crippen LogP) is 6.19. The van der Waals surface area contributed by atoms with Crippen molar-refractivity contribution in [2.45, 2.75) is 65.5 Å². The van der Waals surface area contributed by atoms with Gasteiger partial charge >= 0.3 is 6.18 Å². The average Bonchev–Trinajstić information content (AvgIpc) is 3.22. The van der Waals surface area contributed by atoms with E-state index in [2.05, 4.69) is 20.8 Å². The molecular formula is C19H27F4O2P. The topological polar surface area (TPSA) is 18.5 Å². The van der Waals surface area contributed by atoms with Crippen molar-refractivity contribution in [3.05, 3.63) is 29.3 Å². The maximum absolute atomic E-state index is 13.2. The fourth-order valence-corrected chi connectivity index (χ4v) is 3.45. The van der Waals surface area contributed by atoms with Gasteiger partial charge in [-0.3, -0.25) is 0 Å². The zero-order chi connectivity index (χ0) is 19.9. The number of rotatable bonds is 7. The van der Waals surface area contributed by atoms with Crippen LogP contribution in [0.15, 0.2) is 18.2 Å². The van der Waals surface area contributed by atoms with E-state index in [1.165, 1.54) is 6.07 Å². The van der Waals surface area contributed by atoms with Gasteiger partial charge in [-0.15, -0.1) is 0 Å². The first-order valence-electron chi connectivity index (χ1n) is 8.66. The first kappa shape index (κ1) is 21.4. The number of halogens is 4. The fraction of sp³-hybridized carbons (Fsp3) is 0.684. The van der Waals surface area contributed by atoms with Crippen LogP contribution in [0.3, 0.4) is 0 Å². The normalized spacial score (nSPS) is 22.2. The smallest absolute Gasteiger partial charge is 0.416 e. The van der Waals surface area contributed by atoms with E-state index in [1.807, 2.05) is 13.8 Å². The number of hydrogen-bond donors (Lipinski definition) is 0. The summed E-state index contributed by atoms with van der Waals surface area (Å²) in [5, 5.41) is 0. The standard InChI is InChI=1S/C19H27F4O2P/c1-11-8-14(11)17(2,3)18(4,5)24-10-12-6-7-13(19(21,22)23)9-15(12)25-16(20)26/h6-7,9,11,14,16H,8,10,26H2,1-5H3. The molecule has 2 rings (SSSR count). The average molecular weight is 394 g/mol. The molecule has 1 aromatic rings. The van der Waals surface area contributed by atoms with Crippen LogP contribution in [0.1, 0.15) is 52.2 Å². The van der Waals surface area contributed by atoms with Crippen molar-refractivity contribution >= 4 is 9.24 Å². The Morgan fingerprint density at radius 3 is 2.23 bits per heavy atom. The molecule has 1 fully saturated rings. The Bertz CT molecular complexity index is 641. The zero-order valence-corrected chi connectivity index (χ0v) is 16.9. The van der Waals surface area contributed by atoms with Gasteiger partial charge in [0.2, 0.25) is 6.10 Å². The van der Waals surface area contributed by atoms with Crippen molar-refractivity contribution in [3.63, 3.8) is 0 Å². The van der Waals surface area contributed by atoms with Gasteiger partial charge in [0.25, 0.3) is 0 Å². The molecule has 0 N–H and O–H groups in total. The summed E-state index contributed by atoms with van der Waals surface area (Å²) in [6.45, 7) is 10.5. The molecule has 7 heteroatoms. The van der Waals surface area contributed by atoms with E-state index in [1.54, 1.807) is 9.24 Å². The Morgan fingerprint density at radius 2 is 1.77 bits per heavy atom. The molecular weight excluding hydrogens is 367 g/mol. The molecule has 1 aromatic carbocycles. The van der Waals surface area contributed by atoms with Crippen molar-refractivity contribution in [2.75, 3.05) is 0 Å². The molecule has 0 heterocycles. The van der Waals surface area contributed by atoms with Crippen LogP contribution < -0.4 is 4.74 Å². The van der Waals surface area contributed by atoms with Crippen LogP contribution in [0.5, 0.6) is 5.75 Å². The lowest BCUT2D eigenvalue weighted by molar-refractivity contribution is -0.137. The summed E-state index contributed by atoms with van der Waals surface area (Å²) in [4.78, 5) is 0. The van der Waals surface area contributed by atoms with Crippen LogP contribution in [0.25, 0.3) is 0 Å². The van der Waals surface area contributed by atoms with E-state index in [0.29, 0.717) is 17.4 Å². The highest BCUT2D eigenvalue weighted by atomic mass is 31.0. The first-order valence-corrected chi connectivity index (χ1v) is 9.33. The van der Waals surface area contributed by atoms with Gasteiger partial charge in [0.1, 0.15) is 5.75 Å². The van der Waals surface area contributed by atoms with Gasteiger partial charge in [0.15, 0.2) is 0 Å². The highest BCUT2D eigenvalue weighted by Crippen LogP contribution is 2.56. The van der Waals surface area contributed by atoms with Crippen LogP contribution in [0.4, 0.5) is 17.6 Å². The number of ether oxygens (including phenoxy) is 2. The molecule has 0 saturated heterocycles. The SMILES string of the molecule is CC1CC1C(C)(C)C(C)(C)OCc1ccc(C(F)(F)F)cc1OC(F)P. The molecule has 0 amide bonds. The summed E-state index contributed by atoms with van der Waals surface area (Å²) in [7, 11) is 1.77. The third-order valence-corrected chi connectivity index (χ3v) is 5.95. The third kappa shape index (κ3) is 4.69. The van der Waals surface area contributed by atoms with Crippen LogP contribution in [-0.4, -0.2) is 11.7 Å². The Balaban J connectivity index is 2.20. The summed E-state index contributed by atoms with van der Waals surface area (Å²) in [6.07, 6.45) is -5.17. The van der Waals surface area contributed by atoms with Gasteiger partial charge < -0.3 is 9.47 Å². The molecule has 0 aliphatic heterocycles. The monoisotopic (exact) mass is 394 g/mol. The van der Waals surface area contributed by atoms with Crippen molar-refractivity contribution in [1.82, 2.24) is 0 Å². The number of benzene rings is 1. The van der Waals surface area contributed by atoms with Crippen molar-refractivity contribution in [1.29, 1.82) is 0 Å². The van der Waals surface area contributed by atoms with Gasteiger partial charge in [-0.25, -0.2) is 0 Å². The minimum atomic E-state index is -4.52. The van der Waals surface area contributed by atoms with E-state index in [4.69, 9.17) is 9.47 Å². The van der Waals surface area contributed by atoms with Gasteiger partial charge in [-0.05, 0) is 49.7 Å². The van der Waals surface area contributed by atoms with E-state index in [0.717, 1.165) is 18.6 Å². The lowest BCUT2D eigenvalue weighted by Gasteiger charge is -2.42.